The maximum atomic E-state index is 6.13. The van der Waals surface area contributed by atoms with Crippen molar-refractivity contribution in [2.24, 2.45) is 0 Å². The van der Waals surface area contributed by atoms with Crippen LogP contribution in [0.2, 0.25) is 5.02 Å². The van der Waals surface area contributed by atoms with Crippen molar-refractivity contribution in [2.45, 2.75) is 0 Å². The first-order chi connectivity index (χ1) is 8.24. The zero-order chi connectivity index (χ0) is 11.8. The van der Waals surface area contributed by atoms with Crippen LogP contribution >= 0.6 is 36.4 Å². The summed E-state index contributed by atoms with van der Waals surface area (Å²) >= 11 is 6.13. The Labute approximate surface area is 128 Å². The third kappa shape index (κ3) is 2.95. The van der Waals surface area contributed by atoms with E-state index in [9.17, 15) is 0 Å². The van der Waals surface area contributed by atoms with E-state index in [0.29, 0.717) is 10.7 Å². The van der Waals surface area contributed by atoms with E-state index in [0.717, 1.165) is 22.4 Å². The molecule has 0 unspecified atom stereocenters. The van der Waals surface area contributed by atoms with Crippen molar-refractivity contribution in [1.29, 1.82) is 0 Å². The van der Waals surface area contributed by atoms with Gasteiger partial charge in [0, 0.05) is 11.3 Å². The lowest BCUT2D eigenvalue weighted by atomic mass is 10.2. The summed E-state index contributed by atoms with van der Waals surface area (Å²) in [5, 5.41) is 0.680. The molecular formula is C13H12Cl3N3. The van der Waals surface area contributed by atoms with Gasteiger partial charge in [-0.05, 0) is 30.3 Å². The SMILES string of the molecule is Cl.Cl.Nc1ccc2nc(-c3ccccc3Cl)[nH]c2c1. The fraction of sp³-hybridized carbons (Fsp3) is 0. The average Bonchev–Trinajstić information content (AvgIpc) is 2.72. The van der Waals surface area contributed by atoms with Gasteiger partial charge in [-0.2, -0.15) is 0 Å². The van der Waals surface area contributed by atoms with Crippen LogP contribution < -0.4 is 5.73 Å². The number of benzene rings is 2. The Balaban J connectivity index is 0.000000902. The second-order valence-electron chi connectivity index (χ2n) is 3.84. The smallest absolute Gasteiger partial charge is 0.139 e. The molecule has 3 rings (SSSR count). The number of nitrogens with one attached hydrogen (secondary N) is 1. The number of hydrogen-bond donors (Lipinski definition) is 2. The van der Waals surface area contributed by atoms with E-state index in [2.05, 4.69) is 9.97 Å². The molecule has 3 aromatic rings. The van der Waals surface area contributed by atoms with Gasteiger partial charge in [-0.3, -0.25) is 0 Å². The molecule has 2 aromatic carbocycles. The lowest BCUT2D eigenvalue weighted by Gasteiger charge is -1.98. The standard InChI is InChI=1S/C13H10ClN3.2ClH/c14-10-4-2-1-3-9(10)13-16-11-6-5-8(15)7-12(11)17-13;;/h1-7H,15H2,(H,16,17);2*1H. The largest absolute Gasteiger partial charge is 0.399 e. The van der Waals surface area contributed by atoms with Crippen LogP contribution in [0.3, 0.4) is 0 Å². The molecule has 0 aliphatic heterocycles. The highest BCUT2D eigenvalue weighted by Gasteiger charge is 2.08. The first kappa shape index (κ1) is 15.6. The molecule has 1 aromatic heterocycles. The molecule has 0 amide bonds. The van der Waals surface area contributed by atoms with E-state index in [1.807, 2.05) is 42.5 Å². The second kappa shape index (κ2) is 6.15. The normalized spacial score (nSPS) is 9.74. The number of nitrogens with two attached hydrogens (primary N) is 1. The molecule has 19 heavy (non-hydrogen) atoms. The summed E-state index contributed by atoms with van der Waals surface area (Å²) < 4.78 is 0. The van der Waals surface area contributed by atoms with Gasteiger partial charge in [-0.15, -0.1) is 24.8 Å². The van der Waals surface area contributed by atoms with Crippen LogP contribution in [-0.2, 0) is 0 Å². The third-order valence-corrected chi connectivity index (χ3v) is 2.96. The first-order valence-electron chi connectivity index (χ1n) is 5.24. The minimum absolute atomic E-state index is 0. The number of nitrogen functional groups attached to an aromatic ring is 1. The highest BCUT2D eigenvalue weighted by molar-refractivity contribution is 6.33. The fourth-order valence-electron chi connectivity index (χ4n) is 1.81. The summed E-state index contributed by atoms with van der Waals surface area (Å²) in [5.41, 5.74) is 9.14. The summed E-state index contributed by atoms with van der Waals surface area (Å²) in [5.74, 6) is 0.760. The van der Waals surface area contributed by atoms with Gasteiger partial charge in [-0.1, -0.05) is 23.7 Å². The maximum Gasteiger partial charge on any atom is 0.139 e. The Morgan fingerprint density at radius 3 is 2.53 bits per heavy atom. The van der Waals surface area contributed by atoms with E-state index in [1.165, 1.54) is 0 Å². The minimum Gasteiger partial charge on any atom is -0.399 e. The molecule has 0 saturated heterocycles. The van der Waals surface area contributed by atoms with Crippen molar-refractivity contribution < 1.29 is 0 Å². The molecule has 0 bridgehead atoms. The number of H-pyrrole nitrogens is 1. The molecule has 0 atom stereocenters. The molecule has 0 saturated carbocycles. The molecule has 0 spiro atoms. The van der Waals surface area contributed by atoms with Crippen LogP contribution in [0, 0.1) is 0 Å². The van der Waals surface area contributed by atoms with Gasteiger partial charge >= 0.3 is 0 Å². The van der Waals surface area contributed by atoms with Crippen molar-refractivity contribution in [2.75, 3.05) is 5.73 Å². The van der Waals surface area contributed by atoms with Crippen LogP contribution in [0.1, 0.15) is 0 Å². The summed E-state index contributed by atoms with van der Waals surface area (Å²) in [7, 11) is 0. The number of aromatic nitrogens is 2. The van der Waals surface area contributed by atoms with Crippen LogP contribution in [0.5, 0.6) is 0 Å². The molecule has 1 heterocycles. The monoisotopic (exact) mass is 315 g/mol. The second-order valence-corrected chi connectivity index (χ2v) is 4.25. The fourth-order valence-corrected chi connectivity index (χ4v) is 2.03. The van der Waals surface area contributed by atoms with E-state index < -0.39 is 0 Å². The predicted octanol–water partition coefficient (Wildman–Crippen LogP) is 4.31. The van der Waals surface area contributed by atoms with Crippen molar-refractivity contribution in [3.8, 4) is 11.4 Å². The number of rotatable bonds is 1. The summed E-state index contributed by atoms with van der Waals surface area (Å²) in [6, 6.07) is 13.2. The molecule has 3 nitrogen and oxygen atoms in total. The van der Waals surface area contributed by atoms with Crippen molar-refractivity contribution >= 4 is 53.1 Å². The highest BCUT2D eigenvalue weighted by Crippen LogP contribution is 2.27. The Hall–Kier alpha value is -1.42. The van der Waals surface area contributed by atoms with Crippen molar-refractivity contribution in [3.63, 3.8) is 0 Å². The molecule has 100 valence electrons. The maximum absolute atomic E-state index is 6.13. The van der Waals surface area contributed by atoms with Gasteiger partial charge in [0.1, 0.15) is 5.82 Å². The van der Waals surface area contributed by atoms with Crippen LogP contribution in [0.4, 0.5) is 5.69 Å². The molecule has 0 aliphatic rings. The zero-order valence-corrected chi connectivity index (χ0v) is 12.1. The molecule has 3 N–H and O–H groups in total. The average molecular weight is 317 g/mol. The molecule has 0 radical (unpaired) electrons. The highest BCUT2D eigenvalue weighted by atomic mass is 35.5. The van der Waals surface area contributed by atoms with Gasteiger partial charge in [0.05, 0.1) is 16.1 Å². The minimum atomic E-state index is 0. The van der Waals surface area contributed by atoms with Crippen LogP contribution in [-0.4, -0.2) is 9.97 Å². The Morgan fingerprint density at radius 2 is 1.79 bits per heavy atom. The van der Waals surface area contributed by atoms with E-state index >= 15 is 0 Å². The quantitative estimate of drug-likeness (QED) is 0.657. The van der Waals surface area contributed by atoms with Gasteiger partial charge in [0.15, 0.2) is 0 Å². The number of aromatic amines is 1. The Kier molecular flexibility index (Phi) is 5.06. The Morgan fingerprint density at radius 1 is 1.05 bits per heavy atom. The van der Waals surface area contributed by atoms with Crippen molar-refractivity contribution in [1.82, 2.24) is 9.97 Å². The summed E-state index contributed by atoms with van der Waals surface area (Å²) in [6.07, 6.45) is 0. The van der Waals surface area contributed by atoms with Crippen molar-refractivity contribution in [3.05, 3.63) is 47.5 Å². The van der Waals surface area contributed by atoms with Gasteiger partial charge < -0.3 is 10.7 Å². The third-order valence-electron chi connectivity index (χ3n) is 2.63. The number of halogens is 3. The van der Waals surface area contributed by atoms with E-state index in [-0.39, 0.29) is 24.8 Å². The number of nitrogens with zero attached hydrogens (tertiary/aromatic N) is 1. The topological polar surface area (TPSA) is 54.7 Å². The zero-order valence-electron chi connectivity index (χ0n) is 9.76. The molecular weight excluding hydrogens is 305 g/mol. The Bertz CT molecular complexity index is 694. The van der Waals surface area contributed by atoms with Gasteiger partial charge in [-0.25, -0.2) is 4.98 Å². The lowest BCUT2D eigenvalue weighted by Crippen LogP contribution is -1.82. The van der Waals surface area contributed by atoms with Crippen LogP contribution in [0.25, 0.3) is 22.4 Å². The summed E-state index contributed by atoms with van der Waals surface area (Å²) in [4.78, 5) is 7.71. The number of hydrogen-bond acceptors (Lipinski definition) is 2. The number of fused-ring (bicyclic) bond motifs is 1. The molecule has 0 aliphatic carbocycles. The number of anilines is 1. The number of imidazole rings is 1. The van der Waals surface area contributed by atoms with Gasteiger partial charge in [0.25, 0.3) is 0 Å². The molecule has 0 fully saturated rings. The van der Waals surface area contributed by atoms with E-state index in [1.54, 1.807) is 0 Å². The van der Waals surface area contributed by atoms with Crippen LogP contribution in [0.15, 0.2) is 42.5 Å². The molecule has 6 heteroatoms. The lowest BCUT2D eigenvalue weighted by molar-refractivity contribution is 1.34. The first-order valence-corrected chi connectivity index (χ1v) is 5.62. The van der Waals surface area contributed by atoms with Gasteiger partial charge in [0.2, 0.25) is 0 Å². The van der Waals surface area contributed by atoms with E-state index in [4.69, 9.17) is 17.3 Å². The predicted molar refractivity (Wildman–Crippen MR) is 85.4 cm³/mol. The summed E-state index contributed by atoms with van der Waals surface area (Å²) in [6.45, 7) is 0.